The predicted octanol–water partition coefficient (Wildman–Crippen LogP) is 2.35. The highest BCUT2D eigenvalue weighted by Crippen LogP contribution is 2.36. The lowest BCUT2D eigenvalue weighted by Gasteiger charge is -2.30. The molecule has 76 valence electrons. The Morgan fingerprint density at radius 3 is 2.77 bits per heavy atom. The minimum absolute atomic E-state index is 0.0116. The second-order valence-electron chi connectivity index (χ2n) is 2.93. The van der Waals surface area contributed by atoms with Gasteiger partial charge in [0.2, 0.25) is 0 Å². The van der Waals surface area contributed by atoms with Crippen LogP contribution in [0.2, 0.25) is 0 Å². The predicted molar refractivity (Wildman–Crippen MR) is 59.6 cm³/mol. The molecule has 0 spiro atoms. The van der Waals surface area contributed by atoms with Crippen molar-refractivity contribution in [1.82, 2.24) is 0 Å². The van der Waals surface area contributed by atoms with Crippen LogP contribution >= 0.6 is 35.1 Å². The first-order chi connectivity index (χ1) is 6.13. The zero-order chi connectivity index (χ0) is 9.84. The summed E-state index contributed by atoms with van der Waals surface area (Å²) in [7, 11) is 0. The number of thioether (sulfide) groups is 2. The topological polar surface area (TPSA) is 26.3 Å². The normalized spacial score (nSPS) is 34.2. The number of carbonyl (C=O) groups excluding carboxylic acids is 1. The summed E-state index contributed by atoms with van der Waals surface area (Å²) in [5, 5.41) is 1.17. The molecular weight excluding hydrogens is 228 g/mol. The molecule has 13 heavy (non-hydrogen) atoms. The van der Waals surface area contributed by atoms with Gasteiger partial charge in [0.25, 0.3) is 0 Å². The molecule has 0 unspecified atom stereocenters. The van der Waals surface area contributed by atoms with Gasteiger partial charge in [-0.3, -0.25) is 4.79 Å². The SMILES string of the molecule is C[C@@H]1SC[C@@H](OC(=O)CCl)S[C@@H]1C. The first kappa shape index (κ1) is 11.5. The quantitative estimate of drug-likeness (QED) is 0.547. The van der Waals surface area contributed by atoms with Crippen molar-refractivity contribution in [2.75, 3.05) is 11.6 Å². The number of hydrogen-bond acceptors (Lipinski definition) is 4. The lowest BCUT2D eigenvalue weighted by molar-refractivity contribution is -0.141. The third-order valence-electron chi connectivity index (χ3n) is 1.89. The van der Waals surface area contributed by atoms with Crippen molar-refractivity contribution >= 4 is 41.1 Å². The lowest BCUT2D eigenvalue weighted by Crippen LogP contribution is -2.29. The number of rotatable bonds is 2. The number of esters is 1. The van der Waals surface area contributed by atoms with Crippen LogP contribution in [0.1, 0.15) is 13.8 Å². The Morgan fingerprint density at radius 2 is 2.23 bits per heavy atom. The average molecular weight is 241 g/mol. The second kappa shape index (κ2) is 5.37. The summed E-state index contributed by atoms with van der Waals surface area (Å²) in [4.78, 5) is 10.9. The molecule has 2 nitrogen and oxygen atoms in total. The van der Waals surface area contributed by atoms with Gasteiger partial charge in [0.05, 0.1) is 0 Å². The van der Waals surface area contributed by atoms with Gasteiger partial charge in [-0.05, 0) is 0 Å². The van der Waals surface area contributed by atoms with Crippen LogP contribution in [0.25, 0.3) is 0 Å². The molecule has 0 bridgehead atoms. The molecular formula is C8H13ClO2S2. The van der Waals surface area contributed by atoms with Gasteiger partial charge in [0.15, 0.2) is 5.44 Å². The largest absolute Gasteiger partial charge is 0.449 e. The Labute approximate surface area is 92.1 Å². The Bertz CT molecular complexity index is 189. The van der Waals surface area contributed by atoms with E-state index < -0.39 is 0 Å². The first-order valence-corrected chi connectivity index (χ1v) is 6.68. The van der Waals surface area contributed by atoms with E-state index >= 15 is 0 Å². The molecule has 0 aromatic carbocycles. The first-order valence-electron chi connectivity index (χ1n) is 4.16. The van der Waals surface area contributed by atoms with Gasteiger partial charge in [0, 0.05) is 16.3 Å². The number of alkyl halides is 1. The van der Waals surface area contributed by atoms with Gasteiger partial charge in [-0.25, -0.2) is 0 Å². The minimum Gasteiger partial charge on any atom is -0.449 e. The molecule has 1 heterocycles. The highest BCUT2D eigenvalue weighted by atomic mass is 35.5. The van der Waals surface area contributed by atoms with Gasteiger partial charge in [0.1, 0.15) is 5.88 Å². The average Bonchev–Trinajstić information content (AvgIpc) is 2.11. The fourth-order valence-electron chi connectivity index (χ4n) is 0.995. The van der Waals surface area contributed by atoms with Crippen molar-refractivity contribution in [2.45, 2.75) is 29.8 Å². The Balaban J connectivity index is 2.33. The zero-order valence-electron chi connectivity index (χ0n) is 7.66. The van der Waals surface area contributed by atoms with Crippen molar-refractivity contribution < 1.29 is 9.53 Å². The van der Waals surface area contributed by atoms with Gasteiger partial charge >= 0.3 is 5.97 Å². The van der Waals surface area contributed by atoms with Crippen molar-refractivity contribution in [3.8, 4) is 0 Å². The molecule has 0 aromatic rings. The molecule has 1 aliphatic heterocycles. The maximum atomic E-state index is 10.9. The van der Waals surface area contributed by atoms with E-state index in [1.807, 2.05) is 11.8 Å². The molecule has 1 fully saturated rings. The van der Waals surface area contributed by atoms with Crippen molar-refractivity contribution in [3.63, 3.8) is 0 Å². The summed E-state index contributed by atoms with van der Waals surface area (Å²) >= 11 is 8.91. The highest BCUT2D eigenvalue weighted by Gasteiger charge is 2.27. The molecule has 0 amide bonds. The van der Waals surface area contributed by atoms with E-state index in [1.54, 1.807) is 11.8 Å². The Hall–Kier alpha value is 0.460. The molecule has 0 aromatic heterocycles. The third kappa shape index (κ3) is 3.60. The summed E-state index contributed by atoms with van der Waals surface area (Å²) in [6, 6.07) is 0. The molecule has 1 saturated heterocycles. The summed E-state index contributed by atoms with van der Waals surface area (Å²) in [5.74, 6) is 0.506. The molecule has 0 saturated carbocycles. The number of ether oxygens (including phenoxy) is 1. The zero-order valence-corrected chi connectivity index (χ0v) is 10.0. The molecule has 0 radical (unpaired) electrons. The van der Waals surface area contributed by atoms with Crippen molar-refractivity contribution in [2.24, 2.45) is 0 Å². The van der Waals surface area contributed by atoms with E-state index in [1.165, 1.54) is 0 Å². The molecule has 5 heteroatoms. The van der Waals surface area contributed by atoms with Gasteiger partial charge in [-0.15, -0.1) is 23.4 Å². The van der Waals surface area contributed by atoms with Crippen LogP contribution < -0.4 is 0 Å². The van der Waals surface area contributed by atoms with Crippen LogP contribution in [0.5, 0.6) is 0 Å². The van der Waals surface area contributed by atoms with Gasteiger partial charge in [-0.1, -0.05) is 13.8 Å². The maximum absolute atomic E-state index is 10.9. The monoisotopic (exact) mass is 240 g/mol. The summed E-state index contributed by atoms with van der Waals surface area (Å²) in [5.41, 5.74) is -0.0116. The van der Waals surface area contributed by atoms with E-state index in [0.717, 1.165) is 5.75 Å². The van der Waals surface area contributed by atoms with Crippen LogP contribution in [-0.2, 0) is 9.53 Å². The molecule has 0 N–H and O–H groups in total. The number of hydrogen-bond donors (Lipinski definition) is 0. The standard InChI is InChI=1S/C8H13ClO2S2/c1-5-6(2)13-8(4-12-5)11-7(10)3-9/h5-6,8H,3-4H2,1-2H3/t5-,6+,8-/m0/s1. The van der Waals surface area contributed by atoms with Crippen LogP contribution in [0, 0.1) is 0 Å². The molecule has 3 atom stereocenters. The van der Waals surface area contributed by atoms with E-state index in [9.17, 15) is 4.79 Å². The van der Waals surface area contributed by atoms with Crippen LogP contribution in [0.3, 0.4) is 0 Å². The van der Waals surface area contributed by atoms with E-state index in [0.29, 0.717) is 10.5 Å². The molecule has 1 rings (SSSR count). The second-order valence-corrected chi connectivity index (χ2v) is 6.15. The summed E-state index contributed by atoms with van der Waals surface area (Å²) in [6.07, 6.45) is 0. The van der Waals surface area contributed by atoms with Crippen LogP contribution in [0.4, 0.5) is 0 Å². The fraction of sp³-hybridized carbons (Fsp3) is 0.875. The van der Waals surface area contributed by atoms with Gasteiger partial charge < -0.3 is 4.74 Å². The van der Waals surface area contributed by atoms with E-state index in [-0.39, 0.29) is 17.3 Å². The van der Waals surface area contributed by atoms with Gasteiger partial charge in [-0.2, -0.15) is 11.8 Å². The summed E-state index contributed by atoms with van der Waals surface area (Å²) < 4.78 is 5.13. The molecule has 1 aliphatic rings. The minimum atomic E-state index is -0.318. The maximum Gasteiger partial charge on any atom is 0.322 e. The summed E-state index contributed by atoms with van der Waals surface area (Å²) in [6.45, 7) is 4.35. The van der Waals surface area contributed by atoms with E-state index in [4.69, 9.17) is 16.3 Å². The number of carbonyl (C=O) groups is 1. The Kier molecular flexibility index (Phi) is 4.76. The van der Waals surface area contributed by atoms with Crippen molar-refractivity contribution in [3.05, 3.63) is 0 Å². The smallest absolute Gasteiger partial charge is 0.322 e. The van der Waals surface area contributed by atoms with Crippen molar-refractivity contribution in [1.29, 1.82) is 0 Å². The van der Waals surface area contributed by atoms with E-state index in [2.05, 4.69) is 13.8 Å². The molecule has 0 aliphatic carbocycles. The van der Waals surface area contributed by atoms with Crippen LogP contribution in [0.15, 0.2) is 0 Å². The highest BCUT2D eigenvalue weighted by molar-refractivity contribution is 8.07. The third-order valence-corrected chi connectivity index (χ3v) is 5.33. The van der Waals surface area contributed by atoms with Crippen LogP contribution in [-0.4, -0.2) is 33.5 Å². The Morgan fingerprint density at radius 1 is 1.54 bits per heavy atom. The lowest BCUT2D eigenvalue weighted by atomic mass is 10.4. The number of halogens is 1. The fourth-order valence-corrected chi connectivity index (χ4v) is 3.70.